The summed E-state index contributed by atoms with van der Waals surface area (Å²) in [5, 5.41) is 2.94. The van der Waals surface area contributed by atoms with Crippen molar-refractivity contribution in [3.05, 3.63) is 30.3 Å². The van der Waals surface area contributed by atoms with Crippen LogP contribution in [0.3, 0.4) is 0 Å². The molecule has 0 aromatic heterocycles. The zero-order valence-corrected chi connectivity index (χ0v) is 13.6. The van der Waals surface area contributed by atoms with Gasteiger partial charge in [0.15, 0.2) is 6.10 Å². The highest BCUT2D eigenvalue weighted by atomic mass is 32.2. The highest BCUT2D eigenvalue weighted by Gasteiger charge is 2.18. The van der Waals surface area contributed by atoms with Gasteiger partial charge < -0.3 is 10.1 Å². The van der Waals surface area contributed by atoms with Crippen molar-refractivity contribution in [2.45, 2.75) is 45.0 Å². The summed E-state index contributed by atoms with van der Waals surface area (Å²) in [5.41, 5.74) is 0. The molecule has 0 fully saturated rings. The highest BCUT2D eigenvalue weighted by molar-refractivity contribution is 8.00. The molecule has 0 aliphatic carbocycles. The number of thioether (sulfide) groups is 1. The van der Waals surface area contributed by atoms with Crippen LogP contribution in [-0.4, -0.2) is 29.1 Å². The van der Waals surface area contributed by atoms with E-state index in [-0.39, 0.29) is 10.7 Å². The van der Waals surface area contributed by atoms with Gasteiger partial charge in [-0.15, -0.1) is 0 Å². The van der Waals surface area contributed by atoms with Crippen molar-refractivity contribution in [2.24, 2.45) is 0 Å². The molecule has 1 rings (SSSR count). The standard InChI is InChI=1S/C16H25NO2S/c1-5-14(19-13-9-7-6-8-10-13)15(18)17-11-12-20-16(2,3)4/h6-10,14H,5,11-12H2,1-4H3,(H,17,18)/t14-/m0/s1. The molecule has 0 spiro atoms. The number of para-hydroxylation sites is 1. The fraction of sp³-hybridized carbons (Fsp3) is 0.562. The van der Waals surface area contributed by atoms with E-state index in [4.69, 9.17) is 4.74 Å². The molecule has 0 unspecified atom stereocenters. The Balaban J connectivity index is 2.36. The van der Waals surface area contributed by atoms with Gasteiger partial charge in [0.2, 0.25) is 0 Å². The smallest absolute Gasteiger partial charge is 0.261 e. The molecule has 0 aliphatic rings. The van der Waals surface area contributed by atoms with Gasteiger partial charge in [0.05, 0.1) is 0 Å². The third-order valence-electron chi connectivity index (χ3n) is 2.62. The molecule has 4 heteroatoms. The predicted molar refractivity (Wildman–Crippen MR) is 86.4 cm³/mol. The molecule has 0 aliphatic heterocycles. The van der Waals surface area contributed by atoms with Crippen LogP contribution in [0, 0.1) is 0 Å². The van der Waals surface area contributed by atoms with E-state index in [0.717, 1.165) is 11.5 Å². The van der Waals surface area contributed by atoms with Gasteiger partial charge in [-0.1, -0.05) is 45.9 Å². The lowest BCUT2D eigenvalue weighted by Gasteiger charge is -2.19. The molecule has 0 radical (unpaired) electrons. The number of hydrogen-bond acceptors (Lipinski definition) is 3. The number of ether oxygens (including phenoxy) is 1. The largest absolute Gasteiger partial charge is 0.481 e. The van der Waals surface area contributed by atoms with Crippen LogP contribution < -0.4 is 10.1 Å². The van der Waals surface area contributed by atoms with Gasteiger partial charge in [0, 0.05) is 17.0 Å². The summed E-state index contributed by atoms with van der Waals surface area (Å²) in [6.45, 7) is 9.15. The number of carbonyl (C=O) groups is 1. The Labute approximate surface area is 126 Å². The number of nitrogens with one attached hydrogen (secondary N) is 1. The van der Waals surface area contributed by atoms with Crippen molar-refractivity contribution in [2.75, 3.05) is 12.3 Å². The van der Waals surface area contributed by atoms with Crippen LogP contribution in [0.1, 0.15) is 34.1 Å². The van der Waals surface area contributed by atoms with E-state index in [0.29, 0.717) is 13.0 Å². The van der Waals surface area contributed by atoms with Gasteiger partial charge in [0.1, 0.15) is 5.75 Å². The molecular weight excluding hydrogens is 270 g/mol. The third-order valence-corrected chi connectivity index (χ3v) is 3.90. The van der Waals surface area contributed by atoms with Crippen molar-refractivity contribution in [1.29, 1.82) is 0 Å². The average Bonchev–Trinajstić information content (AvgIpc) is 2.41. The highest BCUT2D eigenvalue weighted by Crippen LogP contribution is 2.22. The van der Waals surface area contributed by atoms with Gasteiger partial charge in [-0.2, -0.15) is 11.8 Å². The summed E-state index contributed by atoms with van der Waals surface area (Å²) in [6, 6.07) is 9.47. The van der Waals surface area contributed by atoms with Crippen molar-refractivity contribution >= 4 is 17.7 Å². The Kier molecular flexibility index (Phi) is 6.93. The van der Waals surface area contributed by atoms with Crippen LogP contribution >= 0.6 is 11.8 Å². The average molecular weight is 295 g/mol. The van der Waals surface area contributed by atoms with E-state index in [9.17, 15) is 4.79 Å². The van der Waals surface area contributed by atoms with E-state index in [1.165, 1.54) is 0 Å². The summed E-state index contributed by atoms with van der Waals surface area (Å²) < 4.78 is 5.94. The molecule has 0 saturated heterocycles. The van der Waals surface area contributed by atoms with E-state index < -0.39 is 6.10 Å². The van der Waals surface area contributed by atoms with Gasteiger partial charge in [0.25, 0.3) is 5.91 Å². The van der Waals surface area contributed by atoms with Gasteiger partial charge in [-0.3, -0.25) is 4.79 Å². The van der Waals surface area contributed by atoms with Gasteiger partial charge >= 0.3 is 0 Å². The van der Waals surface area contributed by atoms with Crippen LogP contribution in [-0.2, 0) is 4.79 Å². The fourth-order valence-electron chi connectivity index (χ4n) is 1.63. The first-order valence-corrected chi connectivity index (χ1v) is 8.04. The van der Waals surface area contributed by atoms with Crippen molar-refractivity contribution < 1.29 is 9.53 Å². The third kappa shape index (κ3) is 6.85. The first kappa shape index (κ1) is 16.9. The molecule has 20 heavy (non-hydrogen) atoms. The lowest BCUT2D eigenvalue weighted by molar-refractivity contribution is -0.127. The Morgan fingerprint density at radius 3 is 2.50 bits per heavy atom. The molecule has 0 saturated carbocycles. The molecule has 1 amide bonds. The fourth-order valence-corrected chi connectivity index (χ4v) is 2.45. The zero-order chi connectivity index (χ0) is 15.0. The second kappa shape index (κ2) is 8.20. The first-order chi connectivity index (χ1) is 9.42. The minimum Gasteiger partial charge on any atom is -0.481 e. The van der Waals surface area contributed by atoms with Crippen LogP contribution in [0.15, 0.2) is 30.3 Å². The van der Waals surface area contributed by atoms with E-state index in [1.807, 2.05) is 49.0 Å². The maximum absolute atomic E-state index is 12.1. The van der Waals surface area contributed by atoms with E-state index in [1.54, 1.807) is 0 Å². The van der Waals surface area contributed by atoms with Crippen molar-refractivity contribution in [3.8, 4) is 5.75 Å². The minimum absolute atomic E-state index is 0.0362. The predicted octanol–water partition coefficient (Wildman–Crippen LogP) is 3.49. The van der Waals surface area contributed by atoms with Crippen molar-refractivity contribution in [1.82, 2.24) is 5.32 Å². The minimum atomic E-state index is -0.419. The van der Waals surface area contributed by atoms with Crippen LogP contribution in [0.4, 0.5) is 0 Å². The number of hydrogen-bond donors (Lipinski definition) is 1. The molecule has 1 aromatic rings. The maximum atomic E-state index is 12.1. The van der Waals surface area contributed by atoms with Gasteiger partial charge in [-0.05, 0) is 18.6 Å². The quantitative estimate of drug-likeness (QED) is 0.783. The lowest BCUT2D eigenvalue weighted by atomic mass is 10.2. The number of rotatable bonds is 7. The van der Waals surface area contributed by atoms with E-state index in [2.05, 4.69) is 26.1 Å². The SMILES string of the molecule is CC[C@H](Oc1ccccc1)C(=O)NCCSC(C)(C)C. The molecule has 112 valence electrons. The zero-order valence-electron chi connectivity index (χ0n) is 12.8. The number of carbonyl (C=O) groups excluding carboxylic acids is 1. The van der Waals surface area contributed by atoms with Crippen LogP contribution in [0.2, 0.25) is 0 Å². The summed E-state index contributed by atoms with van der Waals surface area (Å²) in [4.78, 5) is 12.1. The second-order valence-electron chi connectivity index (χ2n) is 5.58. The summed E-state index contributed by atoms with van der Waals surface area (Å²) in [5.74, 6) is 1.61. The van der Waals surface area contributed by atoms with E-state index >= 15 is 0 Å². The maximum Gasteiger partial charge on any atom is 0.261 e. The van der Waals surface area contributed by atoms with Crippen LogP contribution in [0.5, 0.6) is 5.75 Å². The Bertz CT molecular complexity index is 401. The second-order valence-corrected chi connectivity index (χ2v) is 7.50. The number of amides is 1. The van der Waals surface area contributed by atoms with Gasteiger partial charge in [-0.25, -0.2) is 0 Å². The summed E-state index contributed by atoms with van der Waals surface area (Å²) in [7, 11) is 0. The monoisotopic (exact) mass is 295 g/mol. The summed E-state index contributed by atoms with van der Waals surface area (Å²) >= 11 is 1.84. The molecular formula is C16H25NO2S. The molecule has 0 bridgehead atoms. The normalized spacial score (nSPS) is 12.8. The number of benzene rings is 1. The van der Waals surface area contributed by atoms with Crippen molar-refractivity contribution in [3.63, 3.8) is 0 Å². The topological polar surface area (TPSA) is 38.3 Å². The molecule has 1 atom stereocenters. The van der Waals surface area contributed by atoms with Crippen LogP contribution in [0.25, 0.3) is 0 Å². The molecule has 1 aromatic carbocycles. The first-order valence-electron chi connectivity index (χ1n) is 7.06. The lowest BCUT2D eigenvalue weighted by Crippen LogP contribution is -2.39. The molecule has 1 N–H and O–H groups in total. The molecule has 0 heterocycles. The Hall–Kier alpha value is -1.16. The molecule has 3 nitrogen and oxygen atoms in total. The Morgan fingerprint density at radius 2 is 1.95 bits per heavy atom. The Morgan fingerprint density at radius 1 is 1.30 bits per heavy atom. The summed E-state index contributed by atoms with van der Waals surface area (Å²) in [6.07, 6.45) is 0.240.